The van der Waals surface area contributed by atoms with Gasteiger partial charge in [0.15, 0.2) is 6.29 Å². The van der Waals surface area contributed by atoms with E-state index in [4.69, 9.17) is 9.47 Å². The topological polar surface area (TPSA) is 18.5 Å². The van der Waals surface area contributed by atoms with E-state index in [2.05, 4.69) is 38.1 Å². The number of hydrogen-bond acceptors (Lipinski definition) is 2. The van der Waals surface area contributed by atoms with Crippen LogP contribution in [0.4, 0.5) is 0 Å². The molecule has 0 amide bonds. The highest BCUT2D eigenvalue weighted by Gasteiger charge is 2.28. The van der Waals surface area contributed by atoms with Crippen LogP contribution in [0, 0.1) is 0 Å². The first-order valence-corrected chi connectivity index (χ1v) is 5.60. The van der Waals surface area contributed by atoms with Gasteiger partial charge in [0.05, 0.1) is 12.2 Å². The molecule has 1 aromatic rings. The Balaban J connectivity index is 1.80. The predicted octanol–water partition coefficient (Wildman–Crippen LogP) is 2.77. The summed E-state index contributed by atoms with van der Waals surface area (Å²) < 4.78 is 11.3. The molecule has 2 unspecified atom stereocenters. The van der Waals surface area contributed by atoms with Gasteiger partial charge >= 0.3 is 0 Å². The molecule has 0 aliphatic carbocycles. The van der Waals surface area contributed by atoms with Gasteiger partial charge in [-0.3, -0.25) is 0 Å². The van der Waals surface area contributed by atoms with Crippen LogP contribution in [-0.2, 0) is 15.9 Å². The van der Waals surface area contributed by atoms with Crippen molar-refractivity contribution in [3.05, 3.63) is 35.9 Å². The smallest absolute Gasteiger partial charge is 0.158 e. The highest BCUT2D eigenvalue weighted by molar-refractivity contribution is 5.14. The maximum absolute atomic E-state index is 5.67. The number of hydrogen-bond donors (Lipinski definition) is 0. The second-order valence-corrected chi connectivity index (χ2v) is 4.14. The molecule has 2 atom stereocenters. The Hall–Kier alpha value is -0.860. The van der Waals surface area contributed by atoms with Crippen LogP contribution in [0.15, 0.2) is 30.3 Å². The zero-order chi connectivity index (χ0) is 10.7. The van der Waals surface area contributed by atoms with E-state index in [-0.39, 0.29) is 18.5 Å². The Morgan fingerprint density at radius 1 is 1.00 bits per heavy atom. The van der Waals surface area contributed by atoms with Crippen molar-refractivity contribution in [3.63, 3.8) is 0 Å². The first-order chi connectivity index (χ1) is 7.25. The zero-order valence-corrected chi connectivity index (χ0v) is 9.35. The van der Waals surface area contributed by atoms with E-state index in [0.717, 1.165) is 12.8 Å². The van der Waals surface area contributed by atoms with Crippen LogP contribution in [-0.4, -0.2) is 18.5 Å². The van der Waals surface area contributed by atoms with Crippen molar-refractivity contribution in [2.24, 2.45) is 0 Å². The first kappa shape index (κ1) is 10.7. The van der Waals surface area contributed by atoms with Gasteiger partial charge in [-0.25, -0.2) is 0 Å². The standard InChI is InChI=1S/C13H18O2/c1-10-11(2)15-13(14-10)9-8-12-6-4-3-5-7-12/h3-7,10-11,13H,8-9H2,1-2H3. The van der Waals surface area contributed by atoms with E-state index >= 15 is 0 Å². The molecule has 0 radical (unpaired) electrons. The van der Waals surface area contributed by atoms with E-state index in [1.807, 2.05) is 6.07 Å². The molecule has 1 aromatic carbocycles. The summed E-state index contributed by atoms with van der Waals surface area (Å²) >= 11 is 0. The van der Waals surface area contributed by atoms with Crippen molar-refractivity contribution in [2.75, 3.05) is 0 Å². The SMILES string of the molecule is CC1OC(CCc2ccccc2)OC1C. The normalized spacial score (nSPS) is 30.7. The Morgan fingerprint density at radius 2 is 1.60 bits per heavy atom. The molecule has 0 bridgehead atoms. The number of aryl methyl sites for hydroxylation is 1. The van der Waals surface area contributed by atoms with Gasteiger partial charge in [0.1, 0.15) is 0 Å². The molecule has 0 aromatic heterocycles. The number of rotatable bonds is 3. The van der Waals surface area contributed by atoms with Crippen molar-refractivity contribution in [1.29, 1.82) is 0 Å². The molecule has 82 valence electrons. The lowest BCUT2D eigenvalue weighted by atomic mass is 10.1. The molecule has 2 rings (SSSR count). The summed E-state index contributed by atoms with van der Waals surface area (Å²) in [4.78, 5) is 0. The van der Waals surface area contributed by atoms with Crippen LogP contribution in [0.2, 0.25) is 0 Å². The van der Waals surface area contributed by atoms with E-state index in [9.17, 15) is 0 Å². The summed E-state index contributed by atoms with van der Waals surface area (Å²) in [6.45, 7) is 4.13. The van der Waals surface area contributed by atoms with E-state index < -0.39 is 0 Å². The van der Waals surface area contributed by atoms with Gasteiger partial charge in [-0.05, 0) is 25.8 Å². The van der Waals surface area contributed by atoms with Crippen LogP contribution in [0.5, 0.6) is 0 Å². The van der Waals surface area contributed by atoms with Gasteiger partial charge in [0, 0.05) is 6.42 Å². The third-order valence-electron chi connectivity index (χ3n) is 2.91. The molecule has 15 heavy (non-hydrogen) atoms. The van der Waals surface area contributed by atoms with Crippen molar-refractivity contribution >= 4 is 0 Å². The summed E-state index contributed by atoms with van der Waals surface area (Å²) in [5.74, 6) is 0. The minimum Gasteiger partial charge on any atom is -0.347 e. The molecule has 2 nitrogen and oxygen atoms in total. The third-order valence-corrected chi connectivity index (χ3v) is 2.91. The van der Waals surface area contributed by atoms with Crippen LogP contribution in [0.3, 0.4) is 0 Å². The molecule has 0 N–H and O–H groups in total. The molecule has 1 aliphatic rings. The Labute approximate surface area is 91.2 Å². The monoisotopic (exact) mass is 206 g/mol. The molecule has 0 spiro atoms. The predicted molar refractivity (Wildman–Crippen MR) is 59.6 cm³/mol. The lowest BCUT2D eigenvalue weighted by molar-refractivity contribution is -0.0664. The highest BCUT2D eigenvalue weighted by atomic mass is 16.7. The Morgan fingerprint density at radius 3 is 2.20 bits per heavy atom. The van der Waals surface area contributed by atoms with Crippen molar-refractivity contribution < 1.29 is 9.47 Å². The van der Waals surface area contributed by atoms with Crippen LogP contribution < -0.4 is 0 Å². The molecule has 1 saturated heterocycles. The second kappa shape index (κ2) is 4.77. The minimum absolute atomic E-state index is 0.0183. The van der Waals surface area contributed by atoms with Gasteiger partial charge in [-0.15, -0.1) is 0 Å². The number of benzene rings is 1. The quantitative estimate of drug-likeness (QED) is 0.757. The molecule has 1 aliphatic heterocycles. The second-order valence-electron chi connectivity index (χ2n) is 4.14. The van der Waals surface area contributed by atoms with Crippen LogP contribution in [0.25, 0.3) is 0 Å². The summed E-state index contributed by atoms with van der Waals surface area (Å²) in [6.07, 6.45) is 2.40. The molecule has 0 saturated carbocycles. The Kier molecular flexibility index (Phi) is 3.39. The summed E-state index contributed by atoms with van der Waals surface area (Å²) in [5.41, 5.74) is 1.34. The average Bonchev–Trinajstić information content (AvgIpc) is 2.57. The lowest BCUT2D eigenvalue weighted by Crippen LogP contribution is -2.13. The molecular formula is C13H18O2. The average molecular weight is 206 g/mol. The fourth-order valence-corrected chi connectivity index (χ4v) is 1.80. The first-order valence-electron chi connectivity index (χ1n) is 5.60. The molecular weight excluding hydrogens is 188 g/mol. The third kappa shape index (κ3) is 2.80. The van der Waals surface area contributed by atoms with Crippen molar-refractivity contribution in [2.45, 2.75) is 45.2 Å². The largest absolute Gasteiger partial charge is 0.347 e. The van der Waals surface area contributed by atoms with Gasteiger partial charge in [-0.2, -0.15) is 0 Å². The van der Waals surface area contributed by atoms with Gasteiger partial charge < -0.3 is 9.47 Å². The minimum atomic E-state index is -0.0183. The number of ether oxygens (including phenoxy) is 2. The maximum atomic E-state index is 5.67. The van der Waals surface area contributed by atoms with E-state index in [0.29, 0.717) is 0 Å². The molecule has 2 heteroatoms. The maximum Gasteiger partial charge on any atom is 0.158 e. The lowest BCUT2D eigenvalue weighted by Gasteiger charge is -2.09. The van der Waals surface area contributed by atoms with Gasteiger partial charge in [0.25, 0.3) is 0 Å². The fraction of sp³-hybridized carbons (Fsp3) is 0.538. The van der Waals surface area contributed by atoms with Gasteiger partial charge in [0.2, 0.25) is 0 Å². The van der Waals surface area contributed by atoms with Gasteiger partial charge in [-0.1, -0.05) is 30.3 Å². The zero-order valence-electron chi connectivity index (χ0n) is 9.35. The summed E-state index contributed by atoms with van der Waals surface area (Å²) in [5, 5.41) is 0. The highest BCUT2D eigenvalue weighted by Crippen LogP contribution is 2.21. The van der Waals surface area contributed by atoms with Crippen molar-refractivity contribution in [1.82, 2.24) is 0 Å². The van der Waals surface area contributed by atoms with Crippen molar-refractivity contribution in [3.8, 4) is 0 Å². The van der Waals surface area contributed by atoms with Crippen LogP contribution >= 0.6 is 0 Å². The van der Waals surface area contributed by atoms with Crippen LogP contribution in [0.1, 0.15) is 25.8 Å². The summed E-state index contributed by atoms with van der Waals surface area (Å²) in [7, 11) is 0. The van der Waals surface area contributed by atoms with E-state index in [1.165, 1.54) is 5.56 Å². The molecule has 1 fully saturated rings. The Bertz CT molecular complexity index is 287. The molecule has 1 heterocycles. The van der Waals surface area contributed by atoms with E-state index in [1.54, 1.807) is 0 Å². The summed E-state index contributed by atoms with van der Waals surface area (Å²) in [6, 6.07) is 10.5. The fourth-order valence-electron chi connectivity index (χ4n) is 1.80.